The van der Waals surface area contributed by atoms with Crippen LogP contribution in [0.2, 0.25) is 10.0 Å². The molecule has 2 aromatic heterocycles. The van der Waals surface area contributed by atoms with E-state index < -0.39 is 16.1 Å². The number of fused-ring (bicyclic) bond motifs is 1. The van der Waals surface area contributed by atoms with E-state index in [-0.39, 0.29) is 11.7 Å². The van der Waals surface area contributed by atoms with Crippen LogP contribution >= 0.6 is 23.2 Å². The molecule has 0 bridgehead atoms. The Kier molecular flexibility index (Phi) is 5.62. The average molecular weight is 428 g/mol. The van der Waals surface area contributed by atoms with Crippen LogP contribution in [0.1, 0.15) is 13.8 Å². The summed E-state index contributed by atoms with van der Waals surface area (Å²) in [6.45, 7) is 3.81. The fraction of sp³-hybridized carbons (Fsp3) is 0.294. The molecule has 0 saturated heterocycles. The summed E-state index contributed by atoms with van der Waals surface area (Å²) < 4.78 is 25.0. The third-order valence-electron chi connectivity index (χ3n) is 4.18. The third-order valence-corrected chi connectivity index (χ3v) is 5.80. The van der Waals surface area contributed by atoms with Crippen molar-refractivity contribution in [3.8, 4) is 5.69 Å². The van der Waals surface area contributed by atoms with Crippen molar-refractivity contribution < 1.29 is 8.42 Å². The zero-order valence-corrected chi connectivity index (χ0v) is 17.1. The first kappa shape index (κ1) is 19.9. The second-order valence-electron chi connectivity index (χ2n) is 6.58. The minimum atomic E-state index is -3.65. The van der Waals surface area contributed by atoms with E-state index in [1.165, 1.54) is 0 Å². The molecule has 0 amide bonds. The van der Waals surface area contributed by atoms with Gasteiger partial charge in [-0.2, -0.15) is 0 Å². The van der Waals surface area contributed by atoms with Gasteiger partial charge in [-0.15, -0.1) is 0 Å². The van der Waals surface area contributed by atoms with Gasteiger partial charge in [-0.3, -0.25) is 0 Å². The van der Waals surface area contributed by atoms with Crippen LogP contribution in [-0.4, -0.2) is 34.7 Å². The molecule has 1 aromatic carbocycles. The normalized spacial score (nSPS) is 13.3. The van der Waals surface area contributed by atoms with E-state index in [1.807, 2.05) is 30.5 Å². The molecule has 144 valence electrons. The molecule has 0 fully saturated rings. The number of benzene rings is 1. The van der Waals surface area contributed by atoms with E-state index in [9.17, 15) is 8.42 Å². The molecule has 0 aliphatic carbocycles. The summed E-state index contributed by atoms with van der Waals surface area (Å²) in [4.78, 5) is 8.64. The largest absolute Gasteiger partial charge is 0.366 e. The van der Waals surface area contributed by atoms with Crippen LogP contribution in [0, 0.1) is 5.92 Å². The highest BCUT2D eigenvalue weighted by Gasteiger charge is 2.21. The molecule has 0 radical (unpaired) electrons. The summed E-state index contributed by atoms with van der Waals surface area (Å²) in [5.41, 5.74) is 1.30. The number of hydrogen-bond donors (Lipinski definition) is 2. The molecule has 0 aliphatic heterocycles. The van der Waals surface area contributed by atoms with Crippen molar-refractivity contribution in [1.29, 1.82) is 0 Å². The molecule has 3 aromatic rings. The topological polar surface area (TPSA) is 103 Å². The maximum atomic E-state index is 11.6. The van der Waals surface area contributed by atoms with Crippen LogP contribution in [0.15, 0.2) is 36.9 Å². The van der Waals surface area contributed by atoms with Gasteiger partial charge in [-0.05, 0) is 18.1 Å². The first-order valence-electron chi connectivity index (χ1n) is 8.20. The summed E-state index contributed by atoms with van der Waals surface area (Å²) in [5, 5.41) is 9.90. The number of anilines is 1. The summed E-state index contributed by atoms with van der Waals surface area (Å²) in [6.07, 6.45) is 5.12. The van der Waals surface area contributed by atoms with Gasteiger partial charge in [0.2, 0.25) is 10.0 Å². The van der Waals surface area contributed by atoms with Crippen molar-refractivity contribution in [2.24, 2.45) is 11.1 Å². The van der Waals surface area contributed by atoms with Crippen molar-refractivity contribution in [2.75, 3.05) is 11.1 Å². The molecular formula is C17H19Cl2N5O2S. The van der Waals surface area contributed by atoms with E-state index in [0.29, 0.717) is 21.4 Å². The Morgan fingerprint density at radius 2 is 2.04 bits per heavy atom. The lowest BCUT2D eigenvalue weighted by Gasteiger charge is -2.23. The minimum absolute atomic E-state index is 0.00681. The Labute approximate surface area is 167 Å². The van der Waals surface area contributed by atoms with Gasteiger partial charge >= 0.3 is 0 Å². The standard InChI is InChI=1S/C17H19Cl2N5O2S/c1-10(2)13(8-27(20,25)26)22-15-7-14(24-6-5-21-9-24)11-3-4-12(18)16(19)17(11)23-15/h3-7,9-10,13H,8H2,1-2H3,(H,22,23)(H2,20,25,26). The van der Waals surface area contributed by atoms with Gasteiger partial charge in [0.1, 0.15) is 5.82 Å². The number of pyridine rings is 1. The van der Waals surface area contributed by atoms with Gasteiger partial charge in [-0.1, -0.05) is 37.0 Å². The summed E-state index contributed by atoms with van der Waals surface area (Å²) in [5.74, 6) is 0.263. The molecule has 27 heavy (non-hydrogen) atoms. The lowest BCUT2D eigenvalue weighted by Crippen LogP contribution is -2.36. The fourth-order valence-electron chi connectivity index (χ4n) is 2.75. The maximum Gasteiger partial charge on any atom is 0.211 e. The molecule has 2 heterocycles. The van der Waals surface area contributed by atoms with Gasteiger partial charge < -0.3 is 9.88 Å². The fourth-order valence-corrected chi connectivity index (χ4v) is 4.07. The molecule has 0 saturated carbocycles. The highest BCUT2D eigenvalue weighted by Crippen LogP contribution is 2.34. The van der Waals surface area contributed by atoms with E-state index in [4.69, 9.17) is 28.3 Å². The third kappa shape index (κ3) is 4.52. The zero-order valence-electron chi connectivity index (χ0n) is 14.7. The quantitative estimate of drug-likeness (QED) is 0.626. The van der Waals surface area contributed by atoms with E-state index in [2.05, 4.69) is 15.3 Å². The molecule has 10 heteroatoms. The lowest BCUT2D eigenvalue weighted by atomic mass is 10.1. The first-order valence-corrected chi connectivity index (χ1v) is 10.7. The van der Waals surface area contributed by atoms with Crippen LogP contribution in [-0.2, 0) is 10.0 Å². The number of nitrogens with two attached hydrogens (primary N) is 1. The van der Waals surface area contributed by atoms with Gasteiger partial charge in [0, 0.05) is 29.9 Å². The van der Waals surface area contributed by atoms with Gasteiger partial charge in [0.05, 0.1) is 33.3 Å². The first-order chi connectivity index (χ1) is 12.7. The number of sulfonamides is 1. The minimum Gasteiger partial charge on any atom is -0.366 e. The van der Waals surface area contributed by atoms with Crippen LogP contribution in [0.5, 0.6) is 0 Å². The highest BCUT2D eigenvalue weighted by molar-refractivity contribution is 7.89. The second kappa shape index (κ2) is 7.63. The number of halogens is 2. The van der Waals surface area contributed by atoms with Crippen LogP contribution in [0.3, 0.4) is 0 Å². The number of rotatable bonds is 6. The van der Waals surface area contributed by atoms with Crippen molar-refractivity contribution in [2.45, 2.75) is 19.9 Å². The van der Waals surface area contributed by atoms with Crippen molar-refractivity contribution in [3.05, 3.63) is 47.0 Å². The lowest BCUT2D eigenvalue weighted by molar-refractivity contribution is 0.539. The SMILES string of the molecule is CC(C)C(CS(N)(=O)=O)Nc1cc(-n2ccnc2)c2ccc(Cl)c(Cl)c2n1. The molecule has 3 rings (SSSR count). The number of nitrogens with one attached hydrogen (secondary N) is 1. The average Bonchev–Trinajstić information content (AvgIpc) is 3.10. The summed E-state index contributed by atoms with van der Waals surface area (Å²) in [7, 11) is -3.65. The molecule has 7 nitrogen and oxygen atoms in total. The second-order valence-corrected chi connectivity index (χ2v) is 9.02. The monoisotopic (exact) mass is 427 g/mol. The Hall–Kier alpha value is -1.87. The smallest absolute Gasteiger partial charge is 0.211 e. The van der Waals surface area contributed by atoms with Gasteiger partial charge in [0.15, 0.2) is 0 Å². The van der Waals surface area contributed by atoms with Crippen LogP contribution in [0.25, 0.3) is 16.6 Å². The molecule has 1 unspecified atom stereocenters. The zero-order chi connectivity index (χ0) is 19.8. The number of primary sulfonamides is 1. The van der Waals surface area contributed by atoms with Gasteiger partial charge in [-0.25, -0.2) is 23.5 Å². The van der Waals surface area contributed by atoms with Crippen molar-refractivity contribution in [1.82, 2.24) is 14.5 Å². The van der Waals surface area contributed by atoms with E-state index in [1.54, 1.807) is 24.8 Å². The predicted octanol–water partition coefficient (Wildman–Crippen LogP) is 3.45. The Bertz CT molecular complexity index is 1070. The molecule has 0 spiro atoms. The predicted molar refractivity (Wildman–Crippen MR) is 109 cm³/mol. The van der Waals surface area contributed by atoms with E-state index in [0.717, 1.165) is 11.1 Å². The molecular weight excluding hydrogens is 409 g/mol. The molecule has 0 aliphatic rings. The van der Waals surface area contributed by atoms with Crippen LogP contribution in [0.4, 0.5) is 5.82 Å². The summed E-state index contributed by atoms with van der Waals surface area (Å²) >= 11 is 12.5. The summed E-state index contributed by atoms with van der Waals surface area (Å²) in [6, 6.07) is 4.94. The highest BCUT2D eigenvalue weighted by atomic mass is 35.5. The Morgan fingerprint density at radius 3 is 2.63 bits per heavy atom. The molecule has 1 atom stereocenters. The van der Waals surface area contributed by atoms with Crippen molar-refractivity contribution in [3.63, 3.8) is 0 Å². The van der Waals surface area contributed by atoms with Gasteiger partial charge in [0.25, 0.3) is 0 Å². The number of hydrogen-bond acceptors (Lipinski definition) is 5. The van der Waals surface area contributed by atoms with E-state index >= 15 is 0 Å². The number of aromatic nitrogens is 3. The maximum absolute atomic E-state index is 11.6. The number of imidazole rings is 1. The number of nitrogens with zero attached hydrogens (tertiary/aromatic N) is 3. The Morgan fingerprint density at radius 1 is 1.30 bits per heavy atom. The Balaban J connectivity index is 2.14. The molecule has 3 N–H and O–H groups in total. The van der Waals surface area contributed by atoms with Crippen LogP contribution < -0.4 is 10.5 Å². The van der Waals surface area contributed by atoms with Crippen molar-refractivity contribution >= 4 is 49.9 Å².